The van der Waals surface area contributed by atoms with Crippen LogP contribution >= 0.6 is 0 Å². The van der Waals surface area contributed by atoms with E-state index in [-0.39, 0.29) is 6.10 Å². The Balaban J connectivity index is 1.66. The number of rotatable bonds is 8. The lowest BCUT2D eigenvalue weighted by Crippen LogP contribution is -2.36. The lowest BCUT2D eigenvalue weighted by Gasteiger charge is -2.16. The lowest BCUT2D eigenvalue weighted by molar-refractivity contribution is 0.0597. The second kappa shape index (κ2) is 10.7. The van der Waals surface area contributed by atoms with E-state index in [0.29, 0.717) is 37.0 Å². The Hall–Kier alpha value is -3.42. The molecule has 1 aliphatic heterocycles. The van der Waals surface area contributed by atoms with Crippen LogP contribution in [0.3, 0.4) is 0 Å². The van der Waals surface area contributed by atoms with Crippen molar-refractivity contribution < 1.29 is 23.7 Å². The van der Waals surface area contributed by atoms with E-state index in [1.165, 1.54) is 19.8 Å². The number of ether oxygens (including phenoxy) is 4. The molecule has 32 heavy (non-hydrogen) atoms. The van der Waals surface area contributed by atoms with Crippen LogP contribution in [0.1, 0.15) is 40.9 Å². The van der Waals surface area contributed by atoms with Gasteiger partial charge in [0.2, 0.25) is 0 Å². The van der Waals surface area contributed by atoms with Crippen LogP contribution in [0.15, 0.2) is 35.3 Å². The van der Waals surface area contributed by atoms with Gasteiger partial charge in [0.05, 0.1) is 20.8 Å². The highest BCUT2D eigenvalue weighted by molar-refractivity contribution is 5.92. The molecule has 0 aliphatic carbocycles. The first kappa shape index (κ1) is 23.2. The van der Waals surface area contributed by atoms with Gasteiger partial charge in [0, 0.05) is 37.7 Å². The predicted molar refractivity (Wildman–Crippen MR) is 123 cm³/mol. The minimum atomic E-state index is -0.442. The van der Waals surface area contributed by atoms with Gasteiger partial charge in [-0.2, -0.15) is 0 Å². The molecule has 1 atom stereocenters. The Bertz CT molecular complexity index is 990. The molecule has 1 aliphatic rings. The molecule has 2 aromatic carbocycles. The first-order valence-corrected chi connectivity index (χ1v) is 10.6. The molecule has 3 rings (SSSR count). The zero-order chi connectivity index (χ0) is 23.1. The number of hydrogen-bond donors (Lipinski definition) is 2. The highest BCUT2D eigenvalue weighted by atomic mass is 16.5. The number of guanidine groups is 1. The molecule has 8 heteroatoms. The Morgan fingerprint density at radius 2 is 1.94 bits per heavy atom. The second-order valence-electron chi connectivity index (χ2n) is 7.44. The molecule has 2 N–H and O–H groups in total. The molecule has 1 unspecified atom stereocenters. The number of carbonyl (C=O) groups is 1. The highest BCUT2D eigenvalue weighted by Crippen LogP contribution is 2.35. The van der Waals surface area contributed by atoms with Crippen molar-refractivity contribution in [3.63, 3.8) is 0 Å². The molecule has 0 saturated heterocycles. The van der Waals surface area contributed by atoms with E-state index in [1.54, 1.807) is 19.2 Å². The van der Waals surface area contributed by atoms with Gasteiger partial charge in [0.25, 0.3) is 0 Å². The van der Waals surface area contributed by atoms with Gasteiger partial charge in [0.1, 0.15) is 28.9 Å². The maximum absolute atomic E-state index is 12.0. The second-order valence-corrected chi connectivity index (χ2v) is 7.44. The van der Waals surface area contributed by atoms with Crippen LogP contribution in [0.5, 0.6) is 17.2 Å². The fourth-order valence-corrected chi connectivity index (χ4v) is 3.63. The molecule has 172 valence electrons. The monoisotopic (exact) mass is 441 g/mol. The molecule has 0 amide bonds. The summed E-state index contributed by atoms with van der Waals surface area (Å²) in [6, 6.07) is 9.49. The summed E-state index contributed by atoms with van der Waals surface area (Å²) in [6.45, 7) is 5.62. The van der Waals surface area contributed by atoms with Gasteiger partial charge in [-0.1, -0.05) is 6.07 Å². The maximum Gasteiger partial charge on any atom is 0.341 e. The van der Waals surface area contributed by atoms with Gasteiger partial charge in [-0.25, -0.2) is 4.79 Å². The fourth-order valence-electron chi connectivity index (χ4n) is 3.63. The molecule has 1 heterocycles. The molecular formula is C24H31N3O5. The van der Waals surface area contributed by atoms with Crippen molar-refractivity contribution in [1.82, 2.24) is 10.6 Å². The van der Waals surface area contributed by atoms with Crippen LogP contribution in [-0.2, 0) is 24.2 Å². The third-order valence-corrected chi connectivity index (χ3v) is 5.18. The predicted octanol–water partition coefficient (Wildman–Crippen LogP) is 3.07. The molecule has 2 aromatic rings. The molecule has 0 saturated carbocycles. The van der Waals surface area contributed by atoms with E-state index in [1.807, 2.05) is 19.1 Å². The first-order valence-electron chi connectivity index (χ1n) is 10.6. The van der Waals surface area contributed by atoms with Crippen molar-refractivity contribution in [1.29, 1.82) is 0 Å². The van der Waals surface area contributed by atoms with Crippen LogP contribution < -0.4 is 24.8 Å². The Morgan fingerprint density at radius 1 is 1.16 bits per heavy atom. The Labute approximate surface area is 188 Å². The average Bonchev–Trinajstić information content (AvgIpc) is 3.17. The number of methoxy groups -OCH3 is 2. The standard InChI is InChI=1S/C24H31N3O5/c1-6-31-21-11-17-9-15(2)32-22(17)12-18(21)14-27-24(25-3)26-13-16-7-8-20(29-4)19(10-16)23(28)30-5/h7-8,10-12,15H,6,9,13-14H2,1-5H3,(H2,25,26,27). The normalized spacial score (nSPS) is 14.9. The summed E-state index contributed by atoms with van der Waals surface area (Å²) >= 11 is 0. The molecule has 0 radical (unpaired) electrons. The van der Waals surface area contributed by atoms with Crippen molar-refractivity contribution in [2.24, 2.45) is 4.99 Å². The largest absolute Gasteiger partial charge is 0.496 e. The minimum absolute atomic E-state index is 0.177. The highest BCUT2D eigenvalue weighted by Gasteiger charge is 2.22. The van der Waals surface area contributed by atoms with Crippen molar-refractivity contribution in [3.8, 4) is 17.2 Å². The lowest BCUT2D eigenvalue weighted by atomic mass is 10.1. The summed E-state index contributed by atoms with van der Waals surface area (Å²) < 4.78 is 21.8. The van der Waals surface area contributed by atoms with Crippen LogP contribution in [-0.4, -0.2) is 45.9 Å². The molecule has 0 aromatic heterocycles. The Morgan fingerprint density at radius 3 is 2.62 bits per heavy atom. The molecule has 8 nitrogen and oxygen atoms in total. The van der Waals surface area contributed by atoms with Crippen LogP contribution in [0.4, 0.5) is 0 Å². The summed E-state index contributed by atoms with van der Waals surface area (Å²) in [5.74, 6) is 2.42. The van der Waals surface area contributed by atoms with E-state index >= 15 is 0 Å². The number of nitrogens with one attached hydrogen (secondary N) is 2. The van der Waals surface area contributed by atoms with Gasteiger partial charge in [0.15, 0.2) is 5.96 Å². The number of aliphatic imine (C=N–C) groups is 1. The van der Waals surface area contributed by atoms with E-state index < -0.39 is 5.97 Å². The smallest absolute Gasteiger partial charge is 0.341 e. The summed E-state index contributed by atoms with van der Waals surface area (Å²) in [5, 5.41) is 6.58. The Kier molecular flexibility index (Phi) is 7.81. The van der Waals surface area contributed by atoms with Gasteiger partial charge < -0.3 is 29.6 Å². The zero-order valence-electron chi connectivity index (χ0n) is 19.3. The minimum Gasteiger partial charge on any atom is -0.496 e. The number of hydrogen-bond acceptors (Lipinski definition) is 6. The average molecular weight is 442 g/mol. The number of benzene rings is 2. The number of fused-ring (bicyclic) bond motifs is 1. The third kappa shape index (κ3) is 5.43. The van der Waals surface area contributed by atoms with Crippen LogP contribution in [0.25, 0.3) is 0 Å². The summed E-state index contributed by atoms with van der Waals surface area (Å²) in [4.78, 5) is 16.3. The number of esters is 1. The zero-order valence-corrected chi connectivity index (χ0v) is 19.3. The van der Waals surface area contributed by atoms with E-state index in [2.05, 4.69) is 28.6 Å². The van der Waals surface area contributed by atoms with E-state index in [4.69, 9.17) is 18.9 Å². The van der Waals surface area contributed by atoms with Crippen LogP contribution in [0, 0.1) is 0 Å². The molecule has 0 spiro atoms. The van der Waals surface area contributed by atoms with Gasteiger partial charge in [-0.05, 0) is 43.7 Å². The van der Waals surface area contributed by atoms with Crippen LogP contribution in [0.2, 0.25) is 0 Å². The van der Waals surface area contributed by atoms with Gasteiger partial charge >= 0.3 is 5.97 Å². The maximum atomic E-state index is 12.0. The van der Waals surface area contributed by atoms with Gasteiger partial charge in [-0.3, -0.25) is 4.99 Å². The first-order chi connectivity index (χ1) is 15.5. The molecule has 0 fully saturated rings. The van der Waals surface area contributed by atoms with E-state index in [0.717, 1.165) is 29.0 Å². The van der Waals surface area contributed by atoms with Crippen molar-refractivity contribution >= 4 is 11.9 Å². The van der Waals surface area contributed by atoms with Crippen molar-refractivity contribution in [3.05, 3.63) is 52.6 Å². The van der Waals surface area contributed by atoms with Gasteiger partial charge in [-0.15, -0.1) is 0 Å². The summed E-state index contributed by atoms with van der Waals surface area (Å²) in [5.41, 5.74) is 3.45. The third-order valence-electron chi connectivity index (χ3n) is 5.18. The van der Waals surface area contributed by atoms with Crippen molar-refractivity contribution in [2.45, 2.75) is 39.5 Å². The topological polar surface area (TPSA) is 90.4 Å². The quantitative estimate of drug-likeness (QED) is 0.370. The SMILES string of the molecule is CCOc1cc2c(cc1CNC(=NC)NCc1ccc(OC)c(C(=O)OC)c1)OC(C)C2. The summed E-state index contributed by atoms with van der Waals surface area (Å²) in [6.07, 6.45) is 1.07. The molecule has 0 bridgehead atoms. The van der Waals surface area contributed by atoms with Crippen molar-refractivity contribution in [2.75, 3.05) is 27.9 Å². The molecular weight excluding hydrogens is 410 g/mol. The fraction of sp³-hybridized carbons (Fsp3) is 0.417. The number of nitrogens with zero attached hydrogens (tertiary/aromatic N) is 1. The summed E-state index contributed by atoms with van der Waals surface area (Å²) in [7, 11) is 4.58. The van der Waals surface area contributed by atoms with E-state index in [9.17, 15) is 4.79 Å². The number of carbonyl (C=O) groups excluding carboxylic acids is 1.